The minimum Gasteiger partial charge on any atom is -0.687 e. The predicted octanol–water partition coefficient (Wildman–Crippen LogP) is 12.9. The molecule has 7 aromatic carbocycles. The molecule has 0 aliphatic carbocycles. The molecule has 46 heavy (non-hydrogen) atoms. The lowest BCUT2D eigenvalue weighted by molar-refractivity contribution is 0.863. The van der Waals surface area contributed by atoms with E-state index in [9.17, 15) is 0 Å². The van der Waals surface area contributed by atoms with E-state index in [4.69, 9.17) is 0 Å². The summed E-state index contributed by atoms with van der Waals surface area (Å²) in [6.07, 6.45) is 6.37. The van der Waals surface area contributed by atoms with Gasteiger partial charge in [-0.15, -0.1) is 12.6 Å². The number of nitrogens with zero attached hydrogens (tertiary/aromatic N) is 1. The maximum Gasteiger partial charge on any atom is -0.00262 e. The van der Waals surface area contributed by atoms with Crippen LogP contribution in [0.5, 0.6) is 0 Å². The van der Waals surface area contributed by atoms with Crippen molar-refractivity contribution in [2.24, 2.45) is 0 Å². The van der Waals surface area contributed by atoms with E-state index in [-0.39, 0.29) is 0 Å². The van der Waals surface area contributed by atoms with Crippen LogP contribution in [0.25, 0.3) is 76.6 Å². The number of hydrogen-bond donors (Lipinski definition) is 0. The van der Waals surface area contributed by atoms with Crippen LogP contribution < -0.4 is 0 Å². The second kappa shape index (κ2) is 11.5. The lowest BCUT2D eigenvalue weighted by Crippen LogP contribution is -1.98. The molecule has 7 aromatic rings. The Hall–Kier alpha value is -5.40. The van der Waals surface area contributed by atoms with E-state index in [1.165, 1.54) is 88.0 Å². The molecule has 0 spiro atoms. The largest absolute Gasteiger partial charge is 0.687 e. The number of fused-ring (bicyclic) bond motifs is 3. The highest BCUT2D eigenvalue weighted by Crippen LogP contribution is 2.44. The monoisotopic (exact) mass is 590 g/mol. The molecule has 1 heterocycles. The number of hydrogen-bond acceptors (Lipinski definition) is 0. The third-order valence-corrected chi connectivity index (χ3v) is 9.43. The van der Waals surface area contributed by atoms with E-state index < -0.39 is 0 Å². The van der Waals surface area contributed by atoms with Crippen LogP contribution >= 0.6 is 0 Å². The molecule has 0 amide bonds. The lowest BCUT2D eigenvalue weighted by atomic mass is 9.85. The fourth-order valence-electron chi connectivity index (χ4n) is 7.22. The number of benzene rings is 7. The predicted molar refractivity (Wildman–Crippen MR) is 199 cm³/mol. The van der Waals surface area contributed by atoms with Crippen molar-refractivity contribution >= 4 is 37.9 Å². The Labute approximate surface area is 271 Å². The molecule has 0 fully saturated rings. The van der Waals surface area contributed by atoms with Crippen molar-refractivity contribution in [1.82, 2.24) is 0 Å². The second-order valence-corrected chi connectivity index (χ2v) is 12.8. The van der Waals surface area contributed by atoms with Gasteiger partial charge in [-0.3, -0.25) is 0 Å². The highest BCUT2D eigenvalue weighted by molar-refractivity contribution is 6.21. The van der Waals surface area contributed by atoms with Gasteiger partial charge in [0.25, 0.3) is 0 Å². The van der Waals surface area contributed by atoms with E-state index in [1.54, 1.807) is 0 Å². The van der Waals surface area contributed by atoms with Crippen molar-refractivity contribution in [3.63, 3.8) is 0 Å². The first-order valence-electron chi connectivity index (χ1n) is 16.3. The molecule has 0 N–H and O–H groups in total. The first-order chi connectivity index (χ1) is 22.5. The molecular formula is C45H36N-. The van der Waals surface area contributed by atoms with Crippen LogP contribution in [0.15, 0.2) is 146 Å². The molecule has 0 unspecified atom stereocenters. The summed E-state index contributed by atoms with van der Waals surface area (Å²) in [4.78, 5) is 0. The fourth-order valence-corrected chi connectivity index (χ4v) is 7.22. The molecule has 0 radical (unpaired) electrons. The van der Waals surface area contributed by atoms with Gasteiger partial charge in [-0.1, -0.05) is 135 Å². The topological polar surface area (TPSA) is 14.1 Å². The number of allylic oxidation sites excluding steroid dienone is 2. The molecule has 0 saturated heterocycles. The second-order valence-electron chi connectivity index (χ2n) is 12.8. The molecule has 1 nitrogen and oxygen atoms in total. The summed E-state index contributed by atoms with van der Waals surface area (Å²) in [5.41, 5.74) is 12.7. The third kappa shape index (κ3) is 4.89. The summed E-state index contributed by atoms with van der Waals surface area (Å²) in [6, 6.07) is 47.4. The molecule has 0 bridgehead atoms. The zero-order valence-corrected chi connectivity index (χ0v) is 26.6. The molecular weight excluding hydrogens is 555 g/mol. The lowest BCUT2D eigenvalue weighted by Gasteiger charge is -2.23. The van der Waals surface area contributed by atoms with Gasteiger partial charge in [-0.25, -0.2) is 0 Å². The Bertz CT molecular complexity index is 2290. The normalized spacial score (nSPS) is 13.0. The van der Waals surface area contributed by atoms with E-state index in [0.29, 0.717) is 5.92 Å². The van der Waals surface area contributed by atoms with Crippen LogP contribution in [-0.4, -0.2) is 6.54 Å². The standard InChI is InChI=1S/C45H36N/c1-29(2)38-22-21-34(27-43(38)37-12-9-23-46-28-37)32-17-18-33-26-36(20-19-31(33)25-32)45-41-15-6-4-13-39(41)44(35-11-8-10-30(3)24-35)40-14-5-7-16-42(40)45/h4-22,24-29H,23H2,1-3H3/q-1. The summed E-state index contributed by atoms with van der Waals surface area (Å²) in [5, 5.41) is 12.1. The summed E-state index contributed by atoms with van der Waals surface area (Å²) in [5.74, 6) is 0.438. The molecule has 0 saturated carbocycles. The van der Waals surface area contributed by atoms with Gasteiger partial charge in [0, 0.05) is 0 Å². The van der Waals surface area contributed by atoms with Crippen LogP contribution in [0.1, 0.15) is 36.5 Å². The smallest absolute Gasteiger partial charge is 0.00262 e. The van der Waals surface area contributed by atoms with Gasteiger partial charge in [0.15, 0.2) is 0 Å². The summed E-state index contributed by atoms with van der Waals surface area (Å²) in [7, 11) is 0. The summed E-state index contributed by atoms with van der Waals surface area (Å²) in [6.45, 7) is 7.46. The van der Waals surface area contributed by atoms with Crippen molar-refractivity contribution in [3.8, 4) is 33.4 Å². The van der Waals surface area contributed by atoms with E-state index in [0.717, 1.165) is 6.54 Å². The van der Waals surface area contributed by atoms with Crippen LogP contribution in [-0.2, 0) is 0 Å². The fraction of sp³-hybridized carbons (Fsp3) is 0.111. The van der Waals surface area contributed by atoms with Gasteiger partial charge >= 0.3 is 0 Å². The number of rotatable bonds is 5. The zero-order valence-electron chi connectivity index (χ0n) is 26.6. The highest BCUT2D eigenvalue weighted by Gasteiger charge is 2.17. The summed E-state index contributed by atoms with van der Waals surface area (Å²) >= 11 is 0. The van der Waals surface area contributed by atoms with Crippen LogP contribution in [0.3, 0.4) is 0 Å². The Morgan fingerprint density at radius 1 is 0.543 bits per heavy atom. The van der Waals surface area contributed by atoms with Crippen molar-refractivity contribution in [1.29, 1.82) is 0 Å². The molecule has 1 aliphatic rings. The SMILES string of the molecule is Cc1cccc(-c2c3ccccc3c(-c3ccc4cc(-c5ccc(C(C)C)c(C6=C[N-]CC=C6)c5)ccc4c3)c3ccccc23)c1. The van der Waals surface area contributed by atoms with E-state index >= 15 is 0 Å². The first kappa shape index (κ1) is 28.1. The van der Waals surface area contributed by atoms with Gasteiger partial charge in [0.2, 0.25) is 0 Å². The highest BCUT2D eigenvalue weighted by atomic mass is 14.8. The minimum absolute atomic E-state index is 0.438. The van der Waals surface area contributed by atoms with Crippen LogP contribution in [0, 0.1) is 6.92 Å². The average Bonchev–Trinajstić information content (AvgIpc) is 3.10. The first-order valence-corrected chi connectivity index (χ1v) is 16.3. The van der Waals surface area contributed by atoms with Crippen molar-refractivity contribution in [2.75, 3.05) is 6.54 Å². The number of aryl methyl sites for hydroxylation is 1. The molecule has 222 valence electrons. The molecule has 1 aliphatic heterocycles. The third-order valence-electron chi connectivity index (χ3n) is 9.43. The molecule has 8 rings (SSSR count). The minimum atomic E-state index is 0.438. The summed E-state index contributed by atoms with van der Waals surface area (Å²) < 4.78 is 0. The van der Waals surface area contributed by atoms with E-state index in [2.05, 4.69) is 166 Å². The van der Waals surface area contributed by atoms with Crippen molar-refractivity contribution < 1.29 is 0 Å². The van der Waals surface area contributed by atoms with Gasteiger partial charge in [-0.05, 0) is 113 Å². The van der Waals surface area contributed by atoms with Gasteiger partial charge in [-0.2, -0.15) is 6.20 Å². The maximum absolute atomic E-state index is 4.52. The van der Waals surface area contributed by atoms with Crippen LogP contribution in [0.2, 0.25) is 0 Å². The molecule has 0 atom stereocenters. The Balaban J connectivity index is 1.27. The average molecular weight is 591 g/mol. The van der Waals surface area contributed by atoms with Crippen LogP contribution in [0.4, 0.5) is 0 Å². The van der Waals surface area contributed by atoms with E-state index in [1.807, 2.05) is 6.20 Å². The van der Waals surface area contributed by atoms with Gasteiger partial charge in [0.1, 0.15) is 0 Å². The quantitative estimate of drug-likeness (QED) is 0.177. The molecule has 0 aromatic heterocycles. The van der Waals surface area contributed by atoms with Crippen molar-refractivity contribution in [2.45, 2.75) is 26.7 Å². The molecule has 1 heteroatoms. The maximum atomic E-state index is 4.52. The van der Waals surface area contributed by atoms with Gasteiger partial charge < -0.3 is 5.32 Å². The van der Waals surface area contributed by atoms with Crippen molar-refractivity contribution in [3.05, 3.63) is 168 Å². The Morgan fingerprint density at radius 3 is 1.70 bits per heavy atom. The Kier molecular flexibility index (Phi) is 7.03. The Morgan fingerprint density at radius 2 is 1.11 bits per heavy atom. The zero-order chi connectivity index (χ0) is 31.2. The van der Waals surface area contributed by atoms with Gasteiger partial charge in [0.05, 0.1) is 0 Å².